The molecule has 124 valence electrons. The van der Waals surface area contributed by atoms with Crippen molar-refractivity contribution < 1.29 is 9.59 Å². The summed E-state index contributed by atoms with van der Waals surface area (Å²) >= 11 is 12.1. The summed E-state index contributed by atoms with van der Waals surface area (Å²) in [6, 6.07) is 13.9. The third-order valence-corrected chi connectivity index (χ3v) is 4.90. The number of carbonyl (C=O) groups is 2. The number of hydrogen-bond donors (Lipinski definition) is 1. The molecule has 1 unspecified atom stereocenters. The van der Waals surface area contributed by atoms with Crippen molar-refractivity contribution in [2.75, 3.05) is 0 Å². The Kier molecular flexibility index (Phi) is 4.52. The van der Waals surface area contributed by atoms with Crippen molar-refractivity contribution in [2.24, 2.45) is 0 Å². The Morgan fingerprint density at radius 1 is 1.08 bits per heavy atom. The molecule has 0 aliphatic carbocycles. The van der Waals surface area contributed by atoms with Crippen LogP contribution in [0.4, 0.5) is 4.79 Å². The number of hydrogen-bond acceptors (Lipinski definition) is 2. The van der Waals surface area contributed by atoms with Gasteiger partial charge < -0.3 is 5.32 Å². The first-order valence-corrected chi connectivity index (χ1v) is 8.37. The number of amides is 3. The Morgan fingerprint density at radius 3 is 2.42 bits per heavy atom. The molecule has 6 heteroatoms. The van der Waals surface area contributed by atoms with Crippen LogP contribution in [0.15, 0.2) is 48.5 Å². The molecule has 1 aliphatic heterocycles. The van der Waals surface area contributed by atoms with Crippen molar-refractivity contribution in [3.8, 4) is 0 Å². The van der Waals surface area contributed by atoms with Crippen LogP contribution in [-0.4, -0.2) is 16.8 Å². The third-order valence-electron chi connectivity index (χ3n) is 4.32. The first-order valence-electron chi connectivity index (χ1n) is 7.61. The molecule has 1 aliphatic rings. The van der Waals surface area contributed by atoms with Crippen LogP contribution >= 0.6 is 23.2 Å². The lowest BCUT2D eigenvalue weighted by molar-refractivity contribution is -0.132. The number of urea groups is 1. The average Bonchev–Trinajstić information content (AvgIpc) is 2.83. The van der Waals surface area contributed by atoms with Gasteiger partial charge in [-0.25, -0.2) is 4.79 Å². The molecule has 24 heavy (non-hydrogen) atoms. The van der Waals surface area contributed by atoms with Crippen LogP contribution in [0.5, 0.6) is 0 Å². The SMILES string of the molecule is CCC1(c2ccccc2)NC(=O)N(Cc2ccc(Cl)cc2Cl)C1=O. The molecule has 0 spiro atoms. The van der Waals surface area contributed by atoms with E-state index in [0.29, 0.717) is 22.0 Å². The van der Waals surface area contributed by atoms with Gasteiger partial charge in [-0.1, -0.05) is 66.5 Å². The second-order valence-electron chi connectivity index (χ2n) is 5.68. The minimum Gasteiger partial charge on any atom is -0.319 e. The molecule has 3 amide bonds. The second-order valence-corrected chi connectivity index (χ2v) is 6.53. The maximum atomic E-state index is 13.0. The molecule has 1 atom stereocenters. The summed E-state index contributed by atoms with van der Waals surface area (Å²) in [5, 5.41) is 3.79. The van der Waals surface area contributed by atoms with Crippen LogP contribution in [0.25, 0.3) is 0 Å². The fourth-order valence-corrected chi connectivity index (χ4v) is 3.42. The highest BCUT2D eigenvalue weighted by Crippen LogP contribution is 2.34. The van der Waals surface area contributed by atoms with E-state index in [1.54, 1.807) is 18.2 Å². The number of benzene rings is 2. The van der Waals surface area contributed by atoms with E-state index in [1.807, 2.05) is 37.3 Å². The molecule has 0 bridgehead atoms. The molecular formula is C18H16Cl2N2O2. The Labute approximate surface area is 150 Å². The van der Waals surface area contributed by atoms with Gasteiger partial charge in [-0.05, 0) is 29.7 Å². The fourth-order valence-electron chi connectivity index (χ4n) is 2.95. The zero-order valence-corrected chi connectivity index (χ0v) is 14.6. The van der Waals surface area contributed by atoms with Crippen molar-refractivity contribution in [3.63, 3.8) is 0 Å². The summed E-state index contributed by atoms with van der Waals surface area (Å²) in [5.41, 5.74) is 0.414. The highest BCUT2D eigenvalue weighted by atomic mass is 35.5. The normalized spacial score (nSPS) is 20.4. The molecular weight excluding hydrogens is 347 g/mol. The predicted octanol–water partition coefficient (Wildman–Crippen LogP) is 4.35. The summed E-state index contributed by atoms with van der Waals surface area (Å²) in [4.78, 5) is 26.7. The largest absolute Gasteiger partial charge is 0.325 e. The van der Waals surface area contributed by atoms with Gasteiger partial charge in [-0.2, -0.15) is 0 Å². The second kappa shape index (κ2) is 6.46. The van der Waals surface area contributed by atoms with E-state index in [0.717, 1.165) is 5.56 Å². The molecule has 1 heterocycles. The Morgan fingerprint density at radius 2 is 1.79 bits per heavy atom. The van der Waals surface area contributed by atoms with Crippen molar-refractivity contribution in [1.82, 2.24) is 10.2 Å². The van der Waals surface area contributed by atoms with Crippen molar-refractivity contribution >= 4 is 35.1 Å². The zero-order valence-electron chi connectivity index (χ0n) is 13.1. The summed E-state index contributed by atoms with van der Waals surface area (Å²) in [6.07, 6.45) is 0.465. The smallest absolute Gasteiger partial charge is 0.319 e. The van der Waals surface area contributed by atoms with E-state index in [9.17, 15) is 9.59 Å². The average molecular weight is 363 g/mol. The summed E-state index contributed by atoms with van der Waals surface area (Å²) in [5.74, 6) is -0.271. The fraction of sp³-hybridized carbons (Fsp3) is 0.222. The third kappa shape index (κ3) is 2.76. The predicted molar refractivity (Wildman–Crippen MR) is 94.0 cm³/mol. The van der Waals surface area contributed by atoms with E-state index in [-0.39, 0.29) is 12.5 Å². The van der Waals surface area contributed by atoms with Crippen LogP contribution < -0.4 is 5.32 Å². The molecule has 1 fully saturated rings. The van der Waals surface area contributed by atoms with Gasteiger partial charge in [0.25, 0.3) is 5.91 Å². The first-order chi connectivity index (χ1) is 11.5. The number of halogens is 2. The Bertz CT molecular complexity index is 795. The Balaban J connectivity index is 1.94. The van der Waals surface area contributed by atoms with Crippen LogP contribution in [0.3, 0.4) is 0 Å². The van der Waals surface area contributed by atoms with E-state index in [4.69, 9.17) is 23.2 Å². The number of carbonyl (C=O) groups excluding carboxylic acids is 2. The maximum absolute atomic E-state index is 13.0. The highest BCUT2D eigenvalue weighted by molar-refractivity contribution is 6.35. The van der Waals surface area contributed by atoms with Crippen molar-refractivity contribution in [1.29, 1.82) is 0 Å². The lowest BCUT2D eigenvalue weighted by Crippen LogP contribution is -2.43. The Hall–Kier alpha value is -2.04. The van der Waals surface area contributed by atoms with Crippen molar-refractivity contribution in [2.45, 2.75) is 25.4 Å². The van der Waals surface area contributed by atoms with E-state index in [2.05, 4.69) is 5.32 Å². The van der Waals surface area contributed by atoms with Gasteiger partial charge >= 0.3 is 6.03 Å². The molecule has 0 aromatic heterocycles. The summed E-state index contributed by atoms with van der Waals surface area (Å²) in [7, 11) is 0. The van der Waals surface area contributed by atoms with Crippen molar-refractivity contribution in [3.05, 3.63) is 69.7 Å². The van der Waals surface area contributed by atoms with E-state index < -0.39 is 11.6 Å². The van der Waals surface area contributed by atoms with E-state index >= 15 is 0 Å². The van der Waals surface area contributed by atoms with Gasteiger partial charge in [-0.15, -0.1) is 0 Å². The van der Waals surface area contributed by atoms with Gasteiger partial charge in [0.05, 0.1) is 6.54 Å². The molecule has 1 N–H and O–H groups in total. The lowest BCUT2D eigenvalue weighted by Gasteiger charge is -2.25. The molecule has 2 aromatic carbocycles. The minimum absolute atomic E-state index is 0.106. The van der Waals surface area contributed by atoms with Crippen LogP contribution in [-0.2, 0) is 16.9 Å². The van der Waals surface area contributed by atoms with Gasteiger partial charge in [-0.3, -0.25) is 9.69 Å². The van der Waals surface area contributed by atoms with Gasteiger partial charge in [0.15, 0.2) is 0 Å². The summed E-state index contributed by atoms with van der Waals surface area (Å²) < 4.78 is 0. The topological polar surface area (TPSA) is 49.4 Å². The van der Waals surface area contributed by atoms with Crippen LogP contribution in [0, 0.1) is 0 Å². The quantitative estimate of drug-likeness (QED) is 0.821. The highest BCUT2D eigenvalue weighted by Gasteiger charge is 2.51. The minimum atomic E-state index is -1.03. The number of nitrogens with zero attached hydrogens (tertiary/aromatic N) is 1. The first kappa shape index (κ1) is 16.8. The molecule has 2 aromatic rings. The zero-order chi connectivity index (χ0) is 17.3. The maximum Gasteiger partial charge on any atom is 0.325 e. The van der Waals surface area contributed by atoms with Gasteiger partial charge in [0.1, 0.15) is 5.54 Å². The molecule has 3 rings (SSSR count). The monoisotopic (exact) mass is 362 g/mol. The number of imide groups is 1. The standard InChI is InChI=1S/C18H16Cl2N2O2/c1-2-18(13-6-4-3-5-7-13)16(23)22(17(24)21-18)11-12-8-9-14(19)10-15(12)20/h3-10H,2,11H2,1H3,(H,21,24). The molecule has 0 radical (unpaired) electrons. The van der Waals surface area contributed by atoms with E-state index in [1.165, 1.54) is 4.90 Å². The van der Waals surface area contributed by atoms with Gasteiger partial charge in [0, 0.05) is 10.0 Å². The number of rotatable bonds is 4. The van der Waals surface area contributed by atoms with Crippen LogP contribution in [0.1, 0.15) is 24.5 Å². The lowest BCUT2D eigenvalue weighted by atomic mass is 9.87. The molecule has 0 saturated carbocycles. The summed E-state index contributed by atoms with van der Waals surface area (Å²) in [6.45, 7) is 1.99. The number of nitrogens with one attached hydrogen (secondary N) is 1. The molecule has 4 nitrogen and oxygen atoms in total. The molecule has 1 saturated heterocycles. The van der Waals surface area contributed by atoms with Gasteiger partial charge in [0.2, 0.25) is 0 Å². The van der Waals surface area contributed by atoms with Crippen LogP contribution in [0.2, 0.25) is 10.0 Å².